The van der Waals surface area contributed by atoms with E-state index in [1.807, 2.05) is 50.3 Å². The molecule has 1 aromatic rings. The minimum Gasteiger partial charge on any atom is -0.465 e. The fourth-order valence-electron chi connectivity index (χ4n) is 7.67. The molecule has 3 fully saturated rings. The third kappa shape index (κ3) is 5.44. The average molecular weight is 581 g/mol. The van der Waals surface area contributed by atoms with E-state index in [4.69, 9.17) is 9.47 Å². The lowest BCUT2D eigenvalue weighted by molar-refractivity contribution is -0.164. The summed E-state index contributed by atoms with van der Waals surface area (Å²) in [6.07, 6.45) is 9.19. The number of aliphatic hydroxyl groups is 1. The van der Waals surface area contributed by atoms with Crippen LogP contribution in [0.4, 0.5) is 0 Å². The van der Waals surface area contributed by atoms with E-state index in [-0.39, 0.29) is 31.1 Å². The van der Waals surface area contributed by atoms with Crippen molar-refractivity contribution in [1.29, 1.82) is 0 Å². The molecule has 8 heteroatoms. The molecule has 2 amide bonds. The van der Waals surface area contributed by atoms with Crippen LogP contribution < -0.4 is 0 Å². The van der Waals surface area contributed by atoms with Crippen LogP contribution in [0.5, 0.6) is 0 Å². The van der Waals surface area contributed by atoms with Gasteiger partial charge < -0.3 is 24.4 Å². The highest BCUT2D eigenvalue weighted by Crippen LogP contribution is 2.65. The first-order valence-corrected chi connectivity index (χ1v) is 15.6. The van der Waals surface area contributed by atoms with Crippen LogP contribution in [0.15, 0.2) is 55.6 Å². The Hall–Kier alpha value is -2.97. The first kappa shape index (κ1) is 32.0. The zero-order valence-corrected chi connectivity index (χ0v) is 25.5. The number of ether oxygens (including phenoxy) is 2. The maximum atomic E-state index is 14.7. The van der Waals surface area contributed by atoms with Gasteiger partial charge in [0.25, 0.3) is 0 Å². The summed E-state index contributed by atoms with van der Waals surface area (Å²) in [7, 11) is 0. The summed E-state index contributed by atoms with van der Waals surface area (Å²) >= 11 is 0. The number of allylic oxidation sites excluding steroid dienone is 1. The van der Waals surface area contributed by atoms with Gasteiger partial charge in [-0.1, -0.05) is 62.8 Å². The van der Waals surface area contributed by atoms with Gasteiger partial charge in [0, 0.05) is 12.6 Å². The molecule has 1 spiro atoms. The normalized spacial score (nSPS) is 29.2. The Balaban J connectivity index is 1.80. The zero-order valence-electron chi connectivity index (χ0n) is 25.5. The van der Waals surface area contributed by atoms with Gasteiger partial charge in [-0.05, 0) is 57.4 Å². The van der Waals surface area contributed by atoms with Crippen LogP contribution >= 0.6 is 0 Å². The van der Waals surface area contributed by atoms with Crippen LogP contribution in [-0.4, -0.2) is 75.7 Å². The molecule has 230 valence electrons. The summed E-state index contributed by atoms with van der Waals surface area (Å²) in [5.74, 6) is -2.69. The van der Waals surface area contributed by atoms with E-state index in [2.05, 4.69) is 20.1 Å². The summed E-state index contributed by atoms with van der Waals surface area (Å²) < 4.78 is 12.7. The number of hydrogen-bond donors (Lipinski definition) is 1. The van der Waals surface area contributed by atoms with Crippen molar-refractivity contribution in [3.05, 3.63) is 61.2 Å². The number of unbranched alkanes of at least 4 members (excludes halogenated alkanes) is 2. The fraction of sp³-hybridized carbons (Fsp3) is 0.618. The molecule has 0 radical (unpaired) electrons. The van der Waals surface area contributed by atoms with Crippen molar-refractivity contribution < 1.29 is 29.0 Å². The second-order valence-electron chi connectivity index (χ2n) is 12.1. The Morgan fingerprint density at radius 3 is 2.55 bits per heavy atom. The van der Waals surface area contributed by atoms with Crippen LogP contribution in [0.25, 0.3) is 0 Å². The van der Waals surface area contributed by atoms with E-state index in [1.54, 1.807) is 11.0 Å². The molecule has 42 heavy (non-hydrogen) atoms. The highest BCUT2D eigenvalue weighted by atomic mass is 16.6. The number of rotatable bonds is 16. The lowest BCUT2D eigenvalue weighted by atomic mass is 9.65. The third-order valence-electron chi connectivity index (χ3n) is 9.69. The molecule has 3 aliphatic rings. The molecule has 2 bridgehead atoms. The molecule has 1 N–H and O–H groups in total. The molecule has 4 rings (SSSR count). The predicted molar refractivity (Wildman–Crippen MR) is 161 cm³/mol. The van der Waals surface area contributed by atoms with Gasteiger partial charge >= 0.3 is 5.97 Å². The number of aliphatic hydroxyl groups excluding tert-OH is 1. The van der Waals surface area contributed by atoms with Crippen molar-refractivity contribution in [3.8, 4) is 0 Å². The van der Waals surface area contributed by atoms with Gasteiger partial charge in [0.1, 0.15) is 17.6 Å². The molecule has 0 aliphatic carbocycles. The lowest BCUT2D eigenvalue weighted by Crippen LogP contribution is -2.58. The molecule has 0 aromatic heterocycles. The molecule has 3 heterocycles. The minimum atomic E-state index is -1.19. The molecular weight excluding hydrogens is 532 g/mol. The monoisotopic (exact) mass is 580 g/mol. The number of hydrogen-bond acceptors (Lipinski definition) is 6. The van der Waals surface area contributed by atoms with Gasteiger partial charge in [0.15, 0.2) is 0 Å². The van der Waals surface area contributed by atoms with Gasteiger partial charge in [-0.3, -0.25) is 14.4 Å². The SMILES string of the molecule is C=CCCCCOC(=O)[C@H]1[C@H]2C(=O)N([C@H](CO)c3ccccc3)C(C(=O)N(CC=C)C(C)CCC)C23CC[C@]1(CC)O3. The van der Waals surface area contributed by atoms with Crippen LogP contribution in [0, 0.1) is 11.8 Å². The Kier molecular flexibility index (Phi) is 10.3. The molecular formula is C34H48N2O6. The number of nitrogens with zero attached hydrogens (tertiary/aromatic N) is 2. The van der Waals surface area contributed by atoms with E-state index >= 15 is 0 Å². The van der Waals surface area contributed by atoms with Crippen LogP contribution in [0.3, 0.4) is 0 Å². The fourth-order valence-corrected chi connectivity index (χ4v) is 7.67. The molecule has 3 aliphatic heterocycles. The molecule has 7 atom stereocenters. The number of fused-ring (bicyclic) bond motifs is 1. The average Bonchev–Trinajstić information content (AvgIpc) is 3.60. The molecule has 0 saturated carbocycles. The van der Waals surface area contributed by atoms with Crippen molar-refractivity contribution in [2.45, 2.75) is 101 Å². The van der Waals surface area contributed by atoms with Gasteiger partial charge in [0.05, 0.1) is 30.8 Å². The van der Waals surface area contributed by atoms with E-state index in [0.29, 0.717) is 32.2 Å². The lowest BCUT2D eigenvalue weighted by Gasteiger charge is -2.41. The van der Waals surface area contributed by atoms with Gasteiger partial charge in [-0.15, -0.1) is 13.2 Å². The van der Waals surface area contributed by atoms with E-state index < -0.39 is 41.1 Å². The molecule has 1 aromatic carbocycles. The number of esters is 1. The maximum absolute atomic E-state index is 14.7. The largest absolute Gasteiger partial charge is 0.465 e. The Bertz CT molecular complexity index is 1140. The molecule has 3 unspecified atom stereocenters. The number of likely N-dealkylation sites (tertiary alicyclic amines) is 1. The zero-order chi connectivity index (χ0) is 30.5. The Morgan fingerprint density at radius 2 is 1.93 bits per heavy atom. The van der Waals surface area contributed by atoms with Gasteiger partial charge in [-0.25, -0.2) is 0 Å². The third-order valence-corrected chi connectivity index (χ3v) is 9.69. The van der Waals surface area contributed by atoms with Crippen LogP contribution in [-0.2, 0) is 23.9 Å². The first-order valence-electron chi connectivity index (χ1n) is 15.6. The number of carbonyl (C=O) groups excluding carboxylic acids is 3. The Morgan fingerprint density at radius 1 is 1.19 bits per heavy atom. The summed E-state index contributed by atoms with van der Waals surface area (Å²) in [4.78, 5) is 46.5. The van der Waals surface area contributed by atoms with Crippen molar-refractivity contribution in [2.75, 3.05) is 19.8 Å². The number of benzene rings is 1. The van der Waals surface area contributed by atoms with Crippen LogP contribution in [0.2, 0.25) is 0 Å². The summed E-state index contributed by atoms with van der Waals surface area (Å²) in [6.45, 7) is 13.9. The number of carbonyl (C=O) groups is 3. The van der Waals surface area contributed by atoms with E-state index in [0.717, 1.165) is 31.2 Å². The predicted octanol–water partition coefficient (Wildman–Crippen LogP) is 4.98. The van der Waals surface area contributed by atoms with Crippen molar-refractivity contribution >= 4 is 17.8 Å². The van der Waals surface area contributed by atoms with E-state index in [1.165, 1.54) is 4.90 Å². The topological polar surface area (TPSA) is 96.4 Å². The molecule has 3 saturated heterocycles. The second-order valence-corrected chi connectivity index (χ2v) is 12.1. The number of amides is 2. The summed E-state index contributed by atoms with van der Waals surface area (Å²) in [5, 5.41) is 10.7. The minimum absolute atomic E-state index is 0.0905. The van der Waals surface area contributed by atoms with Crippen molar-refractivity contribution in [3.63, 3.8) is 0 Å². The van der Waals surface area contributed by atoms with Gasteiger partial charge in [-0.2, -0.15) is 0 Å². The Labute approximate surface area is 250 Å². The summed E-state index contributed by atoms with van der Waals surface area (Å²) in [6, 6.07) is 7.42. The van der Waals surface area contributed by atoms with Crippen molar-refractivity contribution in [1.82, 2.24) is 9.80 Å². The van der Waals surface area contributed by atoms with E-state index in [9.17, 15) is 19.5 Å². The highest BCUT2D eigenvalue weighted by molar-refractivity contribution is 5.99. The second kappa shape index (κ2) is 13.6. The van der Waals surface area contributed by atoms with Crippen LogP contribution in [0.1, 0.15) is 83.7 Å². The van der Waals surface area contributed by atoms with Gasteiger partial charge in [0.2, 0.25) is 11.8 Å². The maximum Gasteiger partial charge on any atom is 0.312 e. The quantitative estimate of drug-likeness (QED) is 0.168. The highest BCUT2D eigenvalue weighted by Gasteiger charge is 2.79. The standard InChI is InChI=1S/C34H48N2O6/c1-6-10-11-15-22-41-32(40)28-27-30(38)36(26(23-37)25-17-13-12-14-18-25)29(34(27)20-19-33(28,9-4)42-34)31(39)35(21-8-3)24(5)16-7-2/h6,8,12-14,17-18,24,26-29,37H,1,3,7,9-11,15-16,19-23H2,2,4-5H3/t24?,26-,27+,28-,29?,33+,34?/m1/s1. The first-order chi connectivity index (χ1) is 20.3. The smallest absolute Gasteiger partial charge is 0.312 e. The molecule has 8 nitrogen and oxygen atoms in total. The van der Waals surface area contributed by atoms with Crippen molar-refractivity contribution in [2.24, 2.45) is 11.8 Å². The summed E-state index contributed by atoms with van der Waals surface area (Å²) in [5.41, 5.74) is -1.34.